The van der Waals surface area contributed by atoms with Crippen LogP contribution in [0.5, 0.6) is 0 Å². The van der Waals surface area contributed by atoms with Gasteiger partial charge in [0.15, 0.2) is 5.03 Å². The molecular weight excluding hydrogens is 316 g/mol. The lowest BCUT2D eigenvalue weighted by atomic mass is 9.66. The Morgan fingerprint density at radius 2 is 2.19 bits per heavy atom. The summed E-state index contributed by atoms with van der Waals surface area (Å²) < 4.78 is 31.4. The van der Waals surface area contributed by atoms with E-state index >= 15 is 0 Å². The molecule has 0 radical (unpaired) electrons. The van der Waals surface area contributed by atoms with E-state index in [1.807, 2.05) is 0 Å². The summed E-state index contributed by atoms with van der Waals surface area (Å²) in [4.78, 5) is 16.0. The van der Waals surface area contributed by atoms with E-state index in [9.17, 15) is 13.2 Å². The molecule has 0 aromatic carbocycles. The molecule has 116 valence electrons. The standard InChI is InChI=1S/C13H17ClN2O4S/c1-20-8-7-13(5-2-6-13)12(17)16-21(18,19)11-4-3-10(14)9-15-11/h3-4,9H,2,5-8H2,1H3,(H,16,17). The molecule has 1 aromatic heterocycles. The number of rotatable bonds is 6. The van der Waals surface area contributed by atoms with Crippen LogP contribution in [0.15, 0.2) is 23.4 Å². The predicted molar refractivity (Wildman–Crippen MR) is 77.4 cm³/mol. The number of hydrogen-bond donors (Lipinski definition) is 1. The number of carbonyl (C=O) groups excluding carboxylic acids is 1. The van der Waals surface area contributed by atoms with E-state index in [1.165, 1.54) is 18.3 Å². The quantitative estimate of drug-likeness (QED) is 0.857. The number of amides is 1. The third-order valence-electron chi connectivity index (χ3n) is 3.78. The van der Waals surface area contributed by atoms with E-state index < -0.39 is 21.3 Å². The lowest BCUT2D eigenvalue weighted by Gasteiger charge is -2.39. The summed E-state index contributed by atoms with van der Waals surface area (Å²) in [6.07, 6.45) is 4.00. The normalized spacial score (nSPS) is 17.0. The number of hydrogen-bond acceptors (Lipinski definition) is 5. The highest BCUT2D eigenvalue weighted by Crippen LogP contribution is 2.44. The minimum Gasteiger partial charge on any atom is -0.385 e. The van der Waals surface area contributed by atoms with E-state index in [1.54, 1.807) is 7.11 Å². The van der Waals surface area contributed by atoms with E-state index in [0.29, 0.717) is 30.9 Å². The van der Waals surface area contributed by atoms with Crippen LogP contribution >= 0.6 is 11.6 Å². The first-order valence-electron chi connectivity index (χ1n) is 6.57. The molecule has 21 heavy (non-hydrogen) atoms. The van der Waals surface area contributed by atoms with Gasteiger partial charge in [0, 0.05) is 19.9 Å². The van der Waals surface area contributed by atoms with Crippen LogP contribution in [0.3, 0.4) is 0 Å². The maximum atomic E-state index is 12.3. The molecule has 8 heteroatoms. The summed E-state index contributed by atoms with van der Waals surface area (Å²) >= 11 is 5.67. The van der Waals surface area contributed by atoms with Gasteiger partial charge in [-0.25, -0.2) is 9.71 Å². The first kappa shape index (κ1) is 16.2. The summed E-state index contributed by atoms with van der Waals surface area (Å²) in [6.45, 7) is 0.423. The molecule has 1 aliphatic carbocycles. The maximum absolute atomic E-state index is 12.3. The number of aromatic nitrogens is 1. The molecule has 6 nitrogen and oxygen atoms in total. The fourth-order valence-corrected chi connectivity index (χ4v) is 3.41. The first-order valence-corrected chi connectivity index (χ1v) is 8.43. The summed E-state index contributed by atoms with van der Waals surface area (Å²) in [5, 5.41) is 0.109. The van der Waals surface area contributed by atoms with Crippen LogP contribution in [0.4, 0.5) is 0 Å². The Balaban J connectivity index is 2.12. The third-order valence-corrected chi connectivity index (χ3v) is 5.25. The number of pyridine rings is 1. The summed E-state index contributed by atoms with van der Waals surface area (Å²) in [5.41, 5.74) is -0.643. The van der Waals surface area contributed by atoms with Crippen LogP contribution < -0.4 is 4.72 Å². The van der Waals surface area contributed by atoms with Crippen molar-refractivity contribution in [3.63, 3.8) is 0 Å². The second-order valence-electron chi connectivity index (χ2n) is 5.13. The molecule has 0 unspecified atom stereocenters. The van der Waals surface area contributed by atoms with Crippen molar-refractivity contribution in [2.24, 2.45) is 5.41 Å². The fourth-order valence-electron chi connectivity index (χ4n) is 2.30. The van der Waals surface area contributed by atoms with Crippen LogP contribution in [0.25, 0.3) is 0 Å². The number of nitrogens with zero attached hydrogens (tertiary/aromatic N) is 1. The van der Waals surface area contributed by atoms with Crippen LogP contribution in [0.1, 0.15) is 25.7 Å². The van der Waals surface area contributed by atoms with Crippen LogP contribution in [-0.2, 0) is 19.6 Å². The smallest absolute Gasteiger partial charge is 0.281 e. The van der Waals surface area contributed by atoms with Gasteiger partial charge >= 0.3 is 0 Å². The highest BCUT2D eigenvalue weighted by atomic mass is 35.5. The van der Waals surface area contributed by atoms with Gasteiger partial charge in [-0.15, -0.1) is 0 Å². The Morgan fingerprint density at radius 3 is 2.67 bits per heavy atom. The molecule has 1 aliphatic rings. The van der Waals surface area contributed by atoms with Gasteiger partial charge < -0.3 is 4.74 Å². The van der Waals surface area contributed by atoms with Crippen molar-refractivity contribution >= 4 is 27.5 Å². The Bertz CT molecular complexity index is 612. The van der Waals surface area contributed by atoms with Crippen molar-refractivity contribution < 1.29 is 17.9 Å². The van der Waals surface area contributed by atoms with Crippen molar-refractivity contribution in [1.29, 1.82) is 0 Å². The van der Waals surface area contributed by atoms with Gasteiger partial charge in [-0.2, -0.15) is 8.42 Å². The van der Waals surface area contributed by atoms with Crippen molar-refractivity contribution in [2.45, 2.75) is 30.7 Å². The molecule has 1 fully saturated rings. The zero-order valence-corrected chi connectivity index (χ0v) is 13.2. The number of carbonyl (C=O) groups is 1. The molecule has 1 aromatic rings. The molecule has 0 aliphatic heterocycles. The second-order valence-corrected chi connectivity index (χ2v) is 7.19. The van der Waals surface area contributed by atoms with E-state index in [-0.39, 0.29) is 5.03 Å². The second kappa shape index (κ2) is 6.29. The molecule has 0 atom stereocenters. The molecule has 2 rings (SSSR count). The zero-order valence-electron chi connectivity index (χ0n) is 11.6. The zero-order chi connectivity index (χ0) is 15.5. The van der Waals surface area contributed by atoms with Gasteiger partial charge in [-0.1, -0.05) is 18.0 Å². The number of nitrogens with one attached hydrogen (secondary N) is 1. The molecule has 1 N–H and O–H groups in total. The van der Waals surface area contributed by atoms with Crippen molar-refractivity contribution in [2.75, 3.05) is 13.7 Å². The van der Waals surface area contributed by atoms with Gasteiger partial charge in [0.25, 0.3) is 10.0 Å². The van der Waals surface area contributed by atoms with Crippen LogP contribution in [-0.4, -0.2) is 33.0 Å². The van der Waals surface area contributed by atoms with Gasteiger partial charge in [0.05, 0.1) is 10.4 Å². The molecule has 0 bridgehead atoms. The number of halogens is 1. The fraction of sp³-hybridized carbons (Fsp3) is 0.538. The average molecular weight is 333 g/mol. The largest absolute Gasteiger partial charge is 0.385 e. The summed E-state index contributed by atoms with van der Waals surface area (Å²) in [6, 6.07) is 2.68. The molecule has 0 spiro atoms. The SMILES string of the molecule is COCCC1(C(=O)NS(=O)(=O)c2ccc(Cl)cn2)CCC1. The van der Waals surface area contributed by atoms with E-state index in [2.05, 4.69) is 9.71 Å². The Hall–Kier alpha value is -1.18. The maximum Gasteiger partial charge on any atom is 0.281 e. The average Bonchev–Trinajstić information content (AvgIpc) is 2.37. The van der Waals surface area contributed by atoms with Gasteiger partial charge in [-0.3, -0.25) is 4.79 Å². The lowest BCUT2D eigenvalue weighted by Crippen LogP contribution is -2.48. The van der Waals surface area contributed by atoms with E-state index in [0.717, 1.165) is 6.42 Å². The van der Waals surface area contributed by atoms with Crippen molar-refractivity contribution in [3.05, 3.63) is 23.4 Å². The molecular formula is C13H17ClN2O4S. The van der Waals surface area contributed by atoms with Gasteiger partial charge in [-0.05, 0) is 31.4 Å². The topological polar surface area (TPSA) is 85.4 Å². The minimum absolute atomic E-state index is 0.221. The number of ether oxygens (including phenoxy) is 1. The highest BCUT2D eigenvalue weighted by molar-refractivity contribution is 7.90. The first-order chi connectivity index (χ1) is 9.89. The Labute approximate surface area is 128 Å². The summed E-state index contributed by atoms with van der Waals surface area (Å²) in [5.74, 6) is -0.484. The molecule has 1 heterocycles. The number of methoxy groups -OCH3 is 1. The third kappa shape index (κ3) is 3.53. The monoisotopic (exact) mass is 332 g/mol. The van der Waals surface area contributed by atoms with Gasteiger partial charge in [0.2, 0.25) is 5.91 Å². The predicted octanol–water partition coefficient (Wildman–Crippen LogP) is 1.75. The van der Waals surface area contributed by atoms with Crippen molar-refractivity contribution in [3.8, 4) is 0 Å². The number of sulfonamides is 1. The summed E-state index contributed by atoms with van der Waals surface area (Å²) in [7, 11) is -2.42. The van der Waals surface area contributed by atoms with E-state index in [4.69, 9.17) is 16.3 Å². The van der Waals surface area contributed by atoms with Gasteiger partial charge in [0.1, 0.15) is 0 Å². The molecule has 1 amide bonds. The lowest BCUT2D eigenvalue weighted by molar-refractivity contribution is -0.135. The molecule has 1 saturated carbocycles. The Kier molecular flexibility index (Phi) is 4.85. The minimum atomic E-state index is -3.97. The van der Waals surface area contributed by atoms with Crippen LogP contribution in [0, 0.1) is 5.41 Å². The Morgan fingerprint density at radius 1 is 1.48 bits per heavy atom. The van der Waals surface area contributed by atoms with Crippen LogP contribution in [0.2, 0.25) is 5.02 Å². The highest BCUT2D eigenvalue weighted by Gasteiger charge is 2.45. The molecule has 0 saturated heterocycles. The van der Waals surface area contributed by atoms with Crippen molar-refractivity contribution in [1.82, 2.24) is 9.71 Å².